The number of nitrogens with one attached hydrogen (secondary N) is 2. The molecule has 0 aliphatic heterocycles. The van der Waals surface area contributed by atoms with Gasteiger partial charge in [-0.25, -0.2) is 14.8 Å². The van der Waals surface area contributed by atoms with Crippen molar-refractivity contribution in [1.82, 2.24) is 15.3 Å². The molecule has 2 rings (SSSR count). The smallest absolute Gasteiger partial charge is 0.326 e. The summed E-state index contributed by atoms with van der Waals surface area (Å²) in [5, 5.41) is 15.5. The Morgan fingerprint density at radius 3 is 2.65 bits per heavy atom. The molecule has 1 amide bonds. The topological polar surface area (TPSA) is 104 Å². The van der Waals surface area contributed by atoms with Crippen LogP contribution in [0.3, 0.4) is 0 Å². The van der Waals surface area contributed by atoms with Gasteiger partial charge in [0.15, 0.2) is 0 Å². The van der Waals surface area contributed by atoms with Crippen LogP contribution in [-0.4, -0.2) is 39.0 Å². The van der Waals surface area contributed by atoms with Crippen molar-refractivity contribution in [3.63, 3.8) is 0 Å². The van der Waals surface area contributed by atoms with Crippen LogP contribution in [0.25, 0.3) is 10.2 Å². The molecule has 0 aliphatic rings. The number of carboxylic acids is 1. The van der Waals surface area contributed by atoms with Crippen LogP contribution in [0.1, 0.15) is 30.7 Å². The number of aryl methyl sites for hydroxylation is 2. The van der Waals surface area contributed by atoms with E-state index >= 15 is 0 Å². The lowest BCUT2D eigenvalue weighted by Crippen LogP contribution is -2.46. The van der Waals surface area contributed by atoms with Gasteiger partial charge in [0.05, 0.1) is 5.39 Å². The third-order valence-corrected chi connectivity index (χ3v) is 4.85. The number of aliphatic carboxylic acids is 1. The number of carboxylic acid groups (broad SMARTS) is 1. The van der Waals surface area contributed by atoms with E-state index in [0.29, 0.717) is 12.2 Å². The lowest BCUT2D eigenvalue weighted by Gasteiger charge is -2.18. The van der Waals surface area contributed by atoms with Gasteiger partial charge in [0.1, 0.15) is 29.1 Å². The Bertz CT molecular complexity index is 744. The molecule has 0 bridgehead atoms. The monoisotopic (exact) mass is 336 g/mol. The van der Waals surface area contributed by atoms with Crippen molar-refractivity contribution >= 4 is 39.2 Å². The Morgan fingerprint density at radius 2 is 2.04 bits per heavy atom. The van der Waals surface area contributed by atoms with E-state index in [-0.39, 0.29) is 5.91 Å². The molecule has 7 nitrogen and oxygen atoms in total. The molecule has 0 saturated heterocycles. The summed E-state index contributed by atoms with van der Waals surface area (Å²) in [7, 11) is 0. The fourth-order valence-corrected chi connectivity index (χ4v) is 3.19. The Labute approximate surface area is 138 Å². The molecule has 2 heterocycles. The summed E-state index contributed by atoms with van der Waals surface area (Å²) in [4.78, 5) is 33.7. The van der Waals surface area contributed by atoms with Gasteiger partial charge in [-0.1, -0.05) is 6.92 Å². The number of hydrogen-bond acceptors (Lipinski definition) is 6. The molecular formula is C15H20N4O3S. The minimum atomic E-state index is -1.04. The molecule has 124 valence electrons. The van der Waals surface area contributed by atoms with Gasteiger partial charge in [0.25, 0.3) is 0 Å². The number of aromatic nitrogens is 2. The van der Waals surface area contributed by atoms with E-state index in [0.717, 1.165) is 20.7 Å². The maximum absolute atomic E-state index is 12.2. The molecule has 0 spiro atoms. The van der Waals surface area contributed by atoms with Crippen molar-refractivity contribution in [2.75, 3.05) is 5.32 Å². The number of thiophene rings is 1. The number of rotatable bonds is 6. The first-order chi connectivity index (χ1) is 10.8. The highest BCUT2D eigenvalue weighted by atomic mass is 32.1. The second kappa shape index (κ2) is 6.91. The first-order valence-electron chi connectivity index (χ1n) is 7.35. The van der Waals surface area contributed by atoms with Crippen molar-refractivity contribution in [3.8, 4) is 0 Å². The first kappa shape index (κ1) is 17.1. The lowest BCUT2D eigenvalue weighted by atomic mass is 10.2. The zero-order valence-corrected chi connectivity index (χ0v) is 14.3. The maximum atomic E-state index is 12.2. The van der Waals surface area contributed by atoms with Gasteiger partial charge in [-0.05, 0) is 32.8 Å². The van der Waals surface area contributed by atoms with Gasteiger partial charge >= 0.3 is 5.97 Å². The highest BCUT2D eigenvalue weighted by Crippen LogP contribution is 2.32. The molecular weight excluding hydrogens is 316 g/mol. The minimum Gasteiger partial charge on any atom is -0.480 e. The van der Waals surface area contributed by atoms with Crippen LogP contribution in [-0.2, 0) is 9.59 Å². The summed E-state index contributed by atoms with van der Waals surface area (Å²) in [6, 6.07) is -1.50. The van der Waals surface area contributed by atoms with E-state index in [1.165, 1.54) is 6.33 Å². The van der Waals surface area contributed by atoms with Crippen molar-refractivity contribution in [3.05, 3.63) is 16.8 Å². The molecule has 2 unspecified atom stereocenters. The van der Waals surface area contributed by atoms with E-state index in [1.54, 1.807) is 25.2 Å². The maximum Gasteiger partial charge on any atom is 0.326 e. The van der Waals surface area contributed by atoms with Gasteiger partial charge in [-0.2, -0.15) is 0 Å². The zero-order valence-electron chi connectivity index (χ0n) is 13.5. The highest BCUT2D eigenvalue weighted by molar-refractivity contribution is 7.18. The van der Waals surface area contributed by atoms with Crippen LogP contribution in [0, 0.1) is 13.8 Å². The minimum absolute atomic E-state index is 0.328. The van der Waals surface area contributed by atoms with E-state index < -0.39 is 18.1 Å². The second-order valence-electron chi connectivity index (χ2n) is 5.36. The molecule has 0 radical (unpaired) electrons. The van der Waals surface area contributed by atoms with E-state index in [9.17, 15) is 9.59 Å². The summed E-state index contributed by atoms with van der Waals surface area (Å²) in [5.41, 5.74) is 1.08. The average Bonchev–Trinajstić information content (AvgIpc) is 2.80. The Morgan fingerprint density at radius 1 is 1.35 bits per heavy atom. The SMILES string of the molecule is CCC(NC(=O)C(C)Nc1ncnc2sc(C)c(C)c12)C(=O)O. The van der Waals surface area contributed by atoms with Gasteiger partial charge < -0.3 is 15.7 Å². The van der Waals surface area contributed by atoms with Gasteiger partial charge in [-0.3, -0.25) is 4.79 Å². The Kier molecular flexibility index (Phi) is 5.15. The van der Waals surface area contributed by atoms with Crippen LogP contribution in [0.2, 0.25) is 0 Å². The normalized spacial score (nSPS) is 13.6. The predicted molar refractivity (Wildman–Crippen MR) is 89.8 cm³/mol. The van der Waals surface area contributed by atoms with E-state index in [1.807, 2.05) is 13.8 Å². The average molecular weight is 336 g/mol. The number of carbonyl (C=O) groups excluding carboxylic acids is 1. The fraction of sp³-hybridized carbons (Fsp3) is 0.467. The predicted octanol–water partition coefficient (Wildman–Crippen LogP) is 2.09. The lowest BCUT2D eigenvalue weighted by molar-refractivity contribution is -0.141. The number of anilines is 1. The van der Waals surface area contributed by atoms with Crippen LogP contribution in [0.5, 0.6) is 0 Å². The summed E-state index contributed by atoms with van der Waals surface area (Å²) in [5.74, 6) is -0.833. The molecule has 0 saturated carbocycles. The van der Waals surface area contributed by atoms with E-state index in [4.69, 9.17) is 5.11 Å². The van der Waals surface area contributed by atoms with E-state index in [2.05, 4.69) is 20.6 Å². The molecule has 2 aromatic rings. The van der Waals surface area contributed by atoms with Gasteiger partial charge in [0, 0.05) is 4.88 Å². The largest absolute Gasteiger partial charge is 0.480 e. The quantitative estimate of drug-likeness (QED) is 0.746. The molecule has 0 aliphatic carbocycles. The van der Waals surface area contributed by atoms with Crippen LogP contribution in [0.4, 0.5) is 5.82 Å². The third kappa shape index (κ3) is 3.58. The standard InChI is InChI=1S/C15H20N4O3S/c1-5-10(15(21)22)19-13(20)8(3)18-12-11-7(2)9(4)23-14(11)17-6-16-12/h6,8,10H,5H2,1-4H3,(H,19,20)(H,21,22)(H,16,17,18). The third-order valence-electron chi connectivity index (χ3n) is 3.73. The number of fused-ring (bicyclic) bond motifs is 1. The Balaban J connectivity index is 2.19. The molecule has 23 heavy (non-hydrogen) atoms. The molecule has 0 fully saturated rings. The highest BCUT2D eigenvalue weighted by Gasteiger charge is 2.22. The van der Waals surface area contributed by atoms with Crippen molar-refractivity contribution in [1.29, 1.82) is 0 Å². The molecule has 2 atom stereocenters. The zero-order chi connectivity index (χ0) is 17.1. The van der Waals surface area contributed by atoms with Crippen molar-refractivity contribution in [2.24, 2.45) is 0 Å². The summed E-state index contributed by atoms with van der Waals surface area (Å²) in [6.45, 7) is 7.39. The van der Waals surface area contributed by atoms with Gasteiger partial charge in [-0.15, -0.1) is 11.3 Å². The fourth-order valence-electron chi connectivity index (χ4n) is 2.20. The first-order valence-corrected chi connectivity index (χ1v) is 8.17. The molecule has 3 N–H and O–H groups in total. The van der Waals surface area contributed by atoms with Crippen molar-refractivity contribution < 1.29 is 14.7 Å². The number of amides is 1. The van der Waals surface area contributed by atoms with Gasteiger partial charge in [0.2, 0.25) is 5.91 Å². The summed E-state index contributed by atoms with van der Waals surface area (Å²) < 4.78 is 0. The number of nitrogens with zero attached hydrogens (tertiary/aromatic N) is 2. The summed E-state index contributed by atoms with van der Waals surface area (Å²) >= 11 is 1.58. The van der Waals surface area contributed by atoms with Crippen LogP contribution >= 0.6 is 11.3 Å². The Hall–Kier alpha value is -2.22. The van der Waals surface area contributed by atoms with Crippen LogP contribution < -0.4 is 10.6 Å². The molecule has 2 aromatic heterocycles. The number of hydrogen-bond donors (Lipinski definition) is 3. The second-order valence-corrected chi connectivity index (χ2v) is 6.56. The number of carbonyl (C=O) groups is 2. The van der Waals surface area contributed by atoms with Crippen LogP contribution in [0.15, 0.2) is 6.33 Å². The molecule has 8 heteroatoms. The molecule has 0 aromatic carbocycles. The summed E-state index contributed by atoms with van der Waals surface area (Å²) in [6.07, 6.45) is 1.78. The van der Waals surface area contributed by atoms with Crippen molar-refractivity contribution in [2.45, 2.75) is 46.2 Å².